The molecule has 0 radical (unpaired) electrons. The smallest absolute Gasteiger partial charge is 0.227 e. The quantitative estimate of drug-likeness (QED) is 0.851. The minimum absolute atomic E-state index is 0.0572. The standard InChI is InChI=1S/C17H18FNO4S/c1-12-2-7-16(23-12)15-11-24(21,22)9-8-19(15)17(20)10-13-3-5-14(18)6-4-13/h2-7,15H,8-11H2,1H3. The van der Waals surface area contributed by atoms with Gasteiger partial charge in [0.2, 0.25) is 5.91 Å². The molecule has 1 atom stereocenters. The molecule has 2 aromatic rings. The van der Waals surface area contributed by atoms with Crippen LogP contribution in [0, 0.1) is 12.7 Å². The van der Waals surface area contributed by atoms with E-state index in [9.17, 15) is 17.6 Å². The molecule has 3 rings (SSSR count). The average Bonchev–Trinajstić information content (AvgIpc) is 2.95. The highest BCUT2D eigenvalue weighted by Crippen LogP contribution is 2.29. The minimum atomic E-state index is -3.22. The lowest BCUT2D eigenvalue weighted by Crippen LogP contribution is -2.46. The third-order valence-corrected chi connectivity index (χ3v) is 5.74. The number of furan rings is 1. The van der Waals surface area contributed by atoms with Gasteiger partial charge in [0, 0.05) is 6.54 Å². The van der Waals surface area contributed by atoms with Crippen LogP contribution in [-0.4, -0.2) is 37.3 Å². The third-order valence-electron chi connectivity index (χ3n) is 4.11. The Labute approximate surface area is 140 Å². The molecule has 1 saturated heterocycles. The molecule has 1 aliphatic rings. The predicted molar refractivity (Wildman–Crippen MR) is 86.7 cm³/mol. The molecular weight excluding hydrogens is 333 g/mol. The second-order valence-corrected chi connectivity index (χ2v) is 8.20. The minimum Gasteiger partial charge on any atom is -0.464 e. The van der Waals surface area contributed by atoms with Crippen LogP contribution in [0.3, 0.4) is 0 Å². The Bertz CT molecular complexity index is 842. The molecule has 7 heteroatoms. The summed E-state index contributed by atoms with van der Waals surface area (Å²) >= 11 is 0. The monoisotopic (exact) mass is 351 g/mol. The fraction of sp³-hybridized carbons (Fsp3) is 0.353. The maximum Gasteiger partial charge on any atom is 0.227 e. The van der Waals surface area contributed by atoms with Gasteiger partial charge in [-0.25, -0.2) is 12.8 Å². The van der Waals surface area contributed by atoms with Crippen molar-refractivity contribution in [3.05, 3.63) is 59.3 Å². The number of nitrogens with zero attached hydrogens (tertiary/aromatic N) is 1. The van der Waals surface area contributed by atoms with E-state index >= 15 is 0 Å². The molecule has 1 aliphatic heterocycles. The van der Waals surface area contributed by atoms with E-state index in [0.717, 1.165) is 0 Å². The summed E-state index contributed by atoms with van der Waals surface area (Å²) in [6.07, 6.45) is 0.0938. The summed E-state index contributed by atoms with van der Waals surface area (Å²) in [5.41, 5.74) is 0.684. The first kappa shape index (κ1) is 16.7. The summed E-state index contributed by atoms with van der Waals surface area (Å²) in [6.45, 7) is 1.90. The fourth-order valence-corrected chi connectivity index (χ4v) is 4.32. The van der Waals surface area contributed by atoms with Crippen molar-refractivity contribution in [2.24, 2.45) is 0 Å². The Kier molecular flexibility index (Phi) is 4.45. The molecule has 0 bridgehead atoms. The maximum atomic E-state index is 13.0. The molecule has 0 saturated carbocycles. The molecule has 1 aromatic carbocycles. The summed E-state index contributed by atoms with van der Waals surface area (Å²) in [6, 6.07) is 8.55. The summed E-state index contributed by atoms with van der Waals surface area (Å²) in [4.78, 5) is 14.2. The summed E-state index contributed by atoms with van der Waals surface area (Å²) in [5.74, 6) is 0.380. The van der Waals surface area contributed by atoms with Crippen LogP contribution < -0.4 is 0 Å². The van der Waals surface area contributed by atoms with Crippen LogP contribution >= 0.6 is 0 Å². The number of aryl methyl sites for hydroxylation is 1. The second kappa shape index (κ2) is 6.39. The van der Waals surface area contributed by atoms with E-state index < -0.39 is 15.9 Å². The van der Waals surface area contributed by atoms with Gasteiger partial charge in [-0.05, 0) is 36.8 Å². The normalized spacial score (nSPS) is 20.1. The molecule has 1 fully saturated rings. The average molecular weight is 351 g/mol. The van der Waals surface area contributed by atoms with Gasteiger partial charge in [-0.2, -0.15) is 0 Å². The van der Waals surface area contributed by atoms with Crippen molar-refractivity contribution in [3.8, 4) is 0 Å². The highest BCUT2D eigenvalue weighted by Gasteiger charge is 2.36. The molecule has 1 aromatic heterocycles. The summed E-state index contributed by atoms with van der Waals surface area (Å²) in [5, 5.41) is 0. The van der Waals surface area contributed by atoms with Gasteiger partial charge in [-0.3, -0.25) is 4.79 Å². The van der Waals surface area contributed by atoms with E-state index in [-0.39, 0.29) is 36.2 Å². The highest BCUT2D eigenvalue weighted by molar-refractivity contribution is 7.91. The number of rotatable bonds is 3. The molecular formula is C17H18FNO4S. The number of sulfone groups is 1. The van der Waals surface area contributed by atoms with Gasteiger partial charge in [-0.15, -0.1) is 0 Å². The van der Waals surface area contributed by atoms with Crippen LogP contribution in [0.25, 0.3) is 0 Å². The number of hydrogen-bond acceptors (Lipinski definition) is 4. The molecule has 0 N–H and O–H groups in total. The van der Waals surface area contributed by atoms with Crippen molar-refractivity contribution in [2.75, 3.05) is 18.1 Å². The van der Waals surface area contributed by atoms with E-state index in [1.807, 2.05) is 0 Å². The van der Waals surface area contributed by atoms with Gasteiger partial charge in [-0.1, -0.05) is 12.1 Å². The number of hydrogen-bond donors (Lipinski definition) is 0. The molecule has 0 spiro atoms. The topological polar surface area (TPSA) is 67.6 Å². The molecule has 128 valence electrons. The highest BCUT2D eigenvalue weighted by atomic mass is 32.2. The number of carbonyl (C=O) groups is 1. The van der Waals surface area contributed by atoms with E-state index in [2.05, 4.69) is 0 Å². The van der Waals surface area contributed by atoms with E-state index in [1.54, 1.807) is 36.1 Å². The van der Waals surface area contributed by atoms with Crippen LogP contribution in [0.15, 0.2) is 40.8 Å². The SMILES string of the molecule is Cc1ccc(C2CS(=O)(=O)CCN2C(=O)Cc2ccc(F)cc2)o1. The van der Waals surface area contributed by atoms with E-state index in [1.165, 1.54) is 12.1 Å². The van der Waals surface area contributed by atoms with Crippen molar-refractivity contribution < 1.29 is 22.0 Å². The van der Waals surface area contributed by atoms with Gasteiger partial charge >= 0.3 is 0 Å². The second-order valence-electron chi connectivity index (χ2n) is 5.97. The summed E-state index contributed by atoms with van der Waals surface area (Å²) in [7, 11) is -3.22. The van der Waals surface area contributed by atoms with Crippen LogP contribution in [0.1, 0.15) is 23.1 Å². The van der Waals surface area contributed by atoms with Gasteiger partial charge in [0.1, 0.15) is 23.4 Å². The Balaban J connectivity index is 1.83. The lowest BCUT2D eigenvalue weighted by atomic mass is 10.1. The van der Waals surface area contributed by atoms with Crippen LogP contribution in [-0.2, 0) is 21.1 Å². The van der Waals surface area contributed by atoms with Crippen LogP contribution in [0.5, 0.6) is 0 Å². The molecule has 24 heavy (non-hydrogen) atoms. The zero-order valence-corrected chi connectivity index (χ0v) is 14.1. The Morgan fingerprint density at radius 2 is 1.96 bits per heavy atom. The van der Waals surface area contributed by atoms with Gasteiger partial charge in [0.25, 0.3) is 0 Å². The van der Waals surface area contributed by atoms with Crippen molar-refractivity contribution in [1.82, 2.24) is 4.90 Å². The number of amides is 1. The predicted octanol–water partition coefficient (Wildman–Crippen LogP) is 2.27. The van der Waals surface area contributed by atoms with Crippen molar-refractivity contribution in [1.29, 1.82) is 0 Å². The van der Waals surface area contributed by atoms with Gasteiger partial charge < -0.3 is 9.32 Å². The van der Waals surface area contributed by atoms with Gasteiger partial charge in [0.15, 0.2) is 9.84 Å². The van der Waals surface area contributed by atoms with Crippen molar-refractivity contribution in [3.63, 3.8) is 0 Å². The Morgan fingerprint density at radius 3 is 2.58 bits per heavy atom. The zero-order chi connectivity index (χ0) is 17.3. The number of halogens is 1. The first-order valence-corrected chi connectivity index (χ1v) is 9.47. The maximum absolute atomic E-state index is 13.0. The molecule has 1 unspecified atom stereocenters. The zero-order valence-electron chi connectivity index (χ0n) is 13.2. The first-order chi connectivity index (χ1) is 11.3. The summed E-state index contributed by atoms with van der Waals surface area (Å²) < 4.78 is 42.5. The van der Waals surface area contributed by atoms with Crippen molar-refractivity contribution >= 4 is 15.7 Å². The van der Waals surface area contributed by atoms with Crippen LogP contribution in [0.4, 0.5) is 4.39 Å². The van der Waals surface area contributed by atoms with E-state index in [4.69, 9.17) is 4.42 Å². The van der Waals surface area contributed by atoms with Crippen LogP contribution in [0.2, 0.25) is 0 Å². The number of carbonyl (C=O) groups excluding carboxylic acids is 1. The van der Waals surface area contributed by atoms with Crippen molar-refractivity contribution in [2.45, 2.75) is 19.4 Å². The molecule has 2 heterocycles. The van der Waals surface area contributed by atoms with Gasteiger partial charge in [0.05, 0.1) is 17.9 Å². The fourth-order valence-electron chi connectivity index (χ4n) is 2.85. The number of benzene rings is 1. The van der Waals surface area contributed by atoms with E-state index in [0.29, 0.717) is 17.1 Å². The first-order valence-electron chi connectivity index (χ1n) is 7.65. The largest absolute Gasteiger partial charge is 0.464 e. The lowest BCUT2D eigenvalue weighted by molar-refractivity contribution is -0.132. The lowest BCUT2D eigenvalue weighted by Gasteiger charge is -2.34. The molecule has 0 aliphatic carbocycles. The third kappa shape index (κ3) is 3.67. The molecule has 5 nitrogen and oxygen atoms in total. The molecule has 1 amide bonds. The Hall–Kier alpha value is -2.15. The Morgan fingerprint density at radius 1 is 1.25 bits per heavy atom.